The van der Waals surface area contributed by atoms with Crippen molar-refractivity contribution in [1.29, 1.82) is 0 Å². The van der Waals surface area contributed by atoms with E-state index in [2.05, 4.69) is 0 Å². The Balaban J connectivity index is 1.69. The molecule has 4 aromatic carbocycles. The molecule has 0 amide bonds. The number of rotatable bonds is 8. The first kappa shape index (κ1) is 24.4. The highest BCUT2D eigenvalue weighted by Crippen LogP contribution is 2.50. The average Bonchev–Trinajstić information content (AvgIpc) is 2.88. The van der Waals surface area contributed by atoms with Crippen LogP contribution in [0.5, 0.6) is 28.7 Å². The fourth-order valence-corrected chi connectivity index (χ4v) is 4.31. The van der Waals surface area contributed by atoms with E-state index in [-0.39, 0.29) is 11.5 Å². The molecule has 35 heavy (non-hydrogen) atoms. The minimum Gasteiger partial charge on any atom is -0.504 e. The predicted molar refractivity (Wildman–Crippen MR) is 141 cm³/mol. The monoisotopic (exact) mass is 488 g/mol. The zero-order valence-electron chi connectivity index (χ0n) is 20.2. The van der Waals surface area contributed by atoms with Crippen LogP contribution in [0.2, 0.25) is 0 Å². The topological polar surface area (TPSA) is 68.2 Å². The van der Waals surface area contributed by atoms with Gasteiger partial charge >= 0.3 is 0 Å². The van der Waals surface area contributed by atoms with Crippen LogP contribution in [0, 0.1) is 6.92 Å². The van der Waals surface area contributed by atoms with E-state index in [4.69, 9.17) is 14.2 Å². The Morgan fingerprint density at radius 2 is 1.46 bits per heavy atom. The van der Waals surface area contributed by atoms with Crippen molar-refractivity contribution in [2.24, 2.45) is 0 Å². The van der Waals surface area contributed by atoms with Crippen LogP contribution in [0.15, 0.2) is 77.7 Å². The van der Waals surface area contributed by atoms with Crippen molar-refractivity contribution in [3.63, 3.8) is 0 Å². The Morgan fingerprint density at radius 3 is 2.06 bits per heavy atom. The second kappa shape index (κ2) is 10.7. The predicted octanol–water partition coefficient (Wildman–Crippen LogP) is 7.06. The van der Waals surface area contributed by atoms with Crippen LogP contribution in [0.3, 0.4) is 0 Å². The number of methoxy groups -OCH3 is 2. The summed E-state index contributed by atoms with van der Waals surface area (Å²) < 4.78 is 17.1. The number of ether oxygens (including phenoxy) is 3. The number of hydrogen-bond donors (Lipinski definition) is 2. The normalized spacial score (nSPS) is 10.7. The number of thioether (sulfide) groups is 1. The molecule has 5 nitrogen and oxygen atoms in total. The van der Waals surface area contributed by atoms with E-state index in [0.29, 0.717) is 40.5 Å². The molecule has 0 heterocycles. The van der Waals surface area contributed by atoms with Gasteiger partial charge in [-0.3, -0.25) is 0 Å². The standard InChI is InChI=1S/C29H28O5S/c1-18-5-7-19(8-6-18)17-34-25-14-11-21(15-24(25)30)27-26(32-2)16-23(29(33-3)28(27)31)20-9-12-22(35-4)13-10-20/h5-16,30-31H,17H2,1-4H3. The van der Waals surface area contributed by atoms with Gasteiger partial charge in [-0.2, -0.15) is 0 Å². The Hall–Kier alpha value is -3.77. The third-order valence-corrected chi connectivity index (χ3v) is 6.55. The zero-order chi connectivity index (χ0) is 24.9. The van der Waals surface area contributed by atoms with Crippen LogP contribution in [0.4, 0.5) is 0 Å². The van der Waals surface area contributed by atoms with Crippen molar-refractivity contribution in [2.75, 3.05) is 20.5 Å². The molecule has 0 saturated carbocycles. The molecule has 0 fully saturated rings. The smallest absolute Gasteiger partial charge is 0.170 e. The van der Waals surface area contributed by atoms with Gasteiger partial charge in [0.05, 0.1) is 19.8 Å². The van der Waals surface area contributed by atoms with Crippen molar-refractivity contribution in [3.05, 3.63) is 83.9 Å². The summed E-state index contributed by atoms with van der Waals surface area (Å²) in [5.74, 6) is 1.04. The van der Waals surface area contributed by atoms with Crippen LogP contribution in [0.25, 0.3) is 22.3 Å². The number of phenols is 2. The number of hydrogen-bond acceptors (Lipinski definition) is 6. The highest BCUT2D eigenvalue weighted by atomic mass is 32.2. The van der Waals surface area contributed by atoms with Crippen LogP contribution in [-0.4, -0.2) is 30.7 Å². The molecule has 180 valence electrons. The van der Waals surface area contributed by atoms with E-state index in [0.717, 1.165) is 16.0 Å². The Labute approximate surface area is 209 Å². The van der Waals surface area contributed by atoms with E-state index >= 15 is 0 Å². The Bertz CT molecular complexity index is 1310. The molecule has 0 unspecified atom stereocenters. The molecule has 4 aromatic rings. The lowest BCUT2D eigenvalue weighted by Crippen LogP contribution is -1.97. The van der Waals surface area contributed by atoms with E-state index < -0.39 is 0 Å². The van der Waals surface area contributed by atoms with Crippen LogP contribution < -0.4 is 14.2 Å². The summed E-state index contributed by atoms with van der Waals surface area (Å²) in [4.78, 5) is 1.14. The molecule has 4 rings (SSSR count). The Kier molecular flexibility index (Phi) is 7.42. The van der Waals surface area contributed by atoms with Crippen molar-refractivity contribution in [3.8, 4) is 51.0 Å². The summed E-state index contributed by atoms with van der Waals surface area (Å²) in [6, 6.07) is 22.9. The summed E-state index contributed by atoms with van der Waals surface area (Å²) in [5, 5.41) is 21.9. The van der Waals surface area contributed by atoms with E-state index in [1.165, 1.54) is 12.7 Å². The molecule has 0 aliphatic rings. The fourth-order valence-electron chi connectivity index (χ4n) is 3.90. The van der Waals surface area contributed by atoms with Crippen molar-refractivity contribution in [2.45, 2.75) is 18.4 Å². The van der Waals surface area contributed by atoms with Crippen LogP contribution in [-0.2, 0) is 6.61 Å². The maximum Gasteiger partial charge on any atom is 0.170 e. The maximum atomic E-state index is 11.2. The molecule has 0 saturated heterocycles. The molecule has 0 radical (unpaired) electrons. The van der Waals surface area contributed by atoms with Crippen LogP contribution in [0.1, 0.15) is 11.1 Å². The lowest BCUT2D eigenvalue weighted by Gasteiger charge is -2.18. The van der Waals surface area contributed by atoms with Gasteiger partial charge in [-0.05, 0) is 60.2 Å². The van der Waals surface area contributed by atoms with E-state index in [1.807, 2.05) is 67.8 Å². The van der Waals surface area contributed by atoms with Crippen molar-refractivity contribution < 1.29 is 24.4 Å². The first-order valence-electron chi connectivity index (χ1n) is 11.1. The van der Waals surface area contributed by atoms with E-state index in [9.17, 15) is 10.2 Å². The summed E-state index contributed by atoms with van der Waals surface area (Å²) in [6.45, 7) is 2.36. The molecule has 0 aromatic heterocycles. The van der Waals surface area contributed by atoms with Gasteiger partial charge in [-0.1, -0.05) is 48.0 Å². The summed E-state index contributed by atoms with van der Waals surface area (Å²) in [5.41, 5.74) is 4.77. The minimum atomic E-state index is -0.0662. The quantitative estimate of drug-likeness (QED) is 0.259. The lowest BCUT2D eigenvalue weighted by atomic mass is 9.96. The second-order valence-electron chi connectivity index (χ2n) is 8.07. The number of benzene rings is 4. The summed E-state index contributed by atoms with van der Waals surface area (Å²) in [6.07, 6.45) is 2.02. The maximum absolute atomic E-state index is 11.2. The molecule has 0 bridgehead atoms. The highest BCUT2D eigenvalue weighted by Gasteiger charge is 2.22. The molecule has 6 heteroatoms. The number of aromatic hydroxyl groups is 2. The highest BCUT2D eigenvalue weighted by molar-refractivity contribution is 7.98. The van der Waals surface area contributed by atoms with Gasteiger partial charge in [-0.15, -0.1) is 11.8 Å². The lowest BCUT2D eigenvalue weighted by molar-refractivity contribution is 0.289. The fraction of sp³-hybridized carbons (Fsp3) is 0.172. The number of phenolic OH excluding ortho intramolecular Hbond substituents is 2. The first-order valence-corrected chi connectivity index (χ1v) is 12.3. The van der Waals surface area contributed by atoms with Gasteiger partial charge in [0.1, 0.15) is 12.4 Å². The van der Waals surface area contributed by atoms with Gasteiger partial charge < -0.3 is 24.4 Å². The molecule has 0 aliphatic heterocycles. The SMILES string of the molecule is COc1cc(-c2ccc(SC)cc2)c(OC)c(O)c1-c1ccc(OCc2ccc(C)cc2)c(O)c1. The van der Waals surface area contributed by atoms with Gasteiger partial charge in [0, 0.05) is 10.5 Å². The third-order valence-electron chi connectivity index (χ3n) is 5.81. The molecule has 2 N–H and O–H groups in total. The van der Waals surface area contributed by atoms with E-state index in [1.54, 1.807) is 37.1 Å². The van der Waals surface area contributed by atoms with Crippen LogP contribution >= 0.6 is 11.8 Å². The van der Waals surface area contributed by atoms with Gasteiger partial charge in [-0.25, -0.2) is 0 Å². The largest absolute Gasteiger partial charge is 0.504 e. The first-order chi connectivity index (χ1) is 16.9. The minimum absolute atomic E-state index is 0.0354. The average molecular weight is 489 g/mol. The molecular weight excluding hydrogens is 460 g/mol. The van der Waals surface area contributed by atoms with Crippen molar-refractivity contribution >= 4 is 11.8 Å². The molecule has 0 atom stereocenters. The van der Waals surface area contributed by atoms with Gasteiger partial charge in [0.2, 0.25) is 0 Å². The molecule has 0 spiro atoms. The Morgan fingerprint density at radius 1 is 0.771 bits per heavy atom. The van der Waals surface area contributed by atoms with Gasteiger partial charge in [0.15, 0.2) is 23.0 Å². The third kappa shape index (κ3) is 5.17. The van der Waals surface area contributed by atoms with Crippen molar-refractivity contribution in [1.82, 2.24) is 0 Å². The zero-order valence-corrected chi connectivity index (χ0v) is 21.0. The number of aryl methyl sites for hydroxylation is 1. The molecular formula is C29H28O5S. The van der Waals surface area contributed by atoms with Gasteiger partial charge in [0.25, 0.3) is 0 Å². The second-order valence-corrected chi connectivity index (χ2v) is 8.95. The summed E-state index contributed by atoms with van der Waals surface area (Å²) in [7, 11) is 3.06. The summed E-state index contributed by atoms with van der Waals surface area (Å²) >= 11 is 1.66. The molecule has 0 aliphatic carbocycles.